The van der Waals surface area contributed by atoms with Crippen LogP contribution in [0.2, 0.25) is 54.4 Å². The van der Waals surface area contributed by atoms with Gasteiger partial charge in [0.2, 0.25) is 5.91 Å². The summed E-state index contributed by atoms with van der Waals surface area (Å²) in [4.78, 5) is 38.6. The zero-order valence-electron chi connectivity index (χ0n) is 32.2. The maximum Gasteiger partial charge on any atom is 0.372 e. The lowest BCUT2D eigenvalue weighted by Gasteiger charge is -2.61. The van der Waals surface area contributed by atoms with E-state index < -0.39 is 35.8 Å². The third kappa shape index (κ3) is 9.04. The minimum absolute atomic E-state index is 0.00814. The summed E-state index contributed by atoms with van der Waals surface area (Å²) in [5.41, 5.74) is 0.604. The molecular weight excluding hydrogens is 645 g/mol. The lowest BCUT2D eigenvalue weighted by molar-refractivity contribution is -0.384. The highest BCUT2D eigenvalue weighted by Gasteiger charge is 2.60. The topological polar surface area (TPSA) is 108 Å². The van der Waals surface area contributed by atoms with Gasteiger partial charge in [0, 0.05) is 18.2 Å². The van der Waals surface area contributed by atoms with Crippen LogP contribution in [0.15, 0.2) is 36.1 Å². The monoisotopic (exact) mass is 706 g/mol. The van der Waals surface area contributed by atoms with E-state index in [0.29, 0.717) is 5.56 Å². The summed E-state index contributed by atoms with van der Waals surface area (Å²) < 4.78 is 21.4. The number of hydrogen-bond acceptors (Lipinski definition) is 7. The molecule has 0 aliphatic carbocycles. The fraction of sp³-hybridized carbons (Fsp3) is 0.714. The third-order valence-electron chi connectivity index (χ3n) is 11.3. The van der Waals surface area contributed by atoms with Gasteiger partial charge in [0.15, 0.2) is 22.3 Å². The maximum absolute atomic E-state index is 14.2. The lowest BCUT2D eigenvalue weighted by Crippen LogP contribution is -2.76. The Morgan fingerprint density at radius 1 is 0.894 bits per heavy atom. The molecule has 0 bridgehead atoms. The lowest BCUT2D eigenvalue weighted by atomic mass is 9.78. The molecule has 1 amide bonds. The number of hydrogen-bond donors (Lipinski definition) is 0. The molecule has 0 saturated carbocycles. The van der Waals surface area contributed by atoms with E-state index in [1.807, 2.05) is 13.0 Å². The van der Waals surface area contributed by atoms with E-state index in [9.17, 15) is 19.7 Å². The van der Waals surface area contributed by atoms with Gasteiger partial charge in [0.05, 0.1) is 16.9 Å². The predicted molar refractivity (Wildman–Crippen MR) is 197 cm³/mol. The minimum Gasteiger partial charge on any atom is -0.539 e. The van der Waals surface area contributed by atoms with Crippen molar-refractivity contribution in [3.8, 4) is 0 Å². The molecule has 0 radical (unpaired) electrons. The van der Waals surface area contributed by atoms with Crippen LogP contribution >= 0.6 is 0 Å². The van der Waals surface area contributed by atoms with Crippen molar-refractivity contribution in [3.05, 3.63) is 51.8 Å². The Morgan fingerprint density at radius 2 is 1.38 bits per heavy atom. The van der Waals surface area contributed by atoms with Crippen molar-refractivity contribution >= 4 is 42.4 Å². The maximum atomic E-state index is 14.2. The van der Waals surface area contributed by atoms with E-state index >= 15 is 0 Å². The van der Waals surface area contributed by atoms with E-state index in [4.69, 9.17) is 13.6 Å². The third-order valence-corrected chi connectivity index (χ3v) is 25.6. The van der Waals surface area contributed by atoms with Crippen molar-refractivity contribution in [3.63, 3.8) is 0 Å². The van der Waals surface area contributed by atoms with Crippen molar-refractivity contribution in [2.24, 2.45) is 11.8 Å². The molecule has 1 aromatic rings. The molecule has 1 unspecified atom stereocenters. The number of carbonyl (C=O) groups is 2. The van der Waals surface area contributed by atoms with Crippen LogP contribution in [0.1, 0.15) is 81.7 Å². The Labute approximate surface area is 287 Å². The van der Waals surface area contributed by atoms with E-state index in [2.05, 4.69) is 113 Å². The Kier molecular flexibility index (Phi) is 12.1. The van der Waals surface area contributed by atoms with Crippen LogP contribution in [-0.4, -0.2) is 58.4 Å². The number of nitrogens with zero attached hydrogens (tertiary/aromatic N) is 2. The highest BCUT2D eigenvalue weighted by molar-refractivity contribution is 6.80. The number of esters is 1. The second kappa shape index (κ2) is 13.9. The van der Waals surface area contributed by atoms with Crippen molar-refractivity contribution < 1.29 is 28.1 Å². The number of carbonyl (C=O) groups excluding carboxylic acids is 2. The number of ether oxygens (including phenoxy) is 1. The Hall–Kier alpha value is -2.29. The second-order valence-corrected chi connectivity index (χ2v) is 32.4. The summed E-state index contributed by atoms with van der Waals surface area (Å²) in [6.45, 7) is 36.7. The molecule has 4 atom stereocenters. The predicted octanol–water partition coefficient (Wildman–Crippen LogP) is 9.42. The summed E-state index contributed by atoms with van der Waals surface area (Å²) in [6, 6.07) is 5.77. The van der Waals surface area contributed by atoms with Gasteiger partial charge in [-0.15, -0.1) is 0 Å². The first-order chi connectivity index (χ1) is 21.0. The SMILES string of the molecule is CC(C=C(O[Si](C)(C)C(C)(C)C)C(=O)OCc1ccc([N+](=O)[O-])cc1)[C@H]1[C@H]([C@@H](C)O[Si](C)(C)C(C)(C)C)C(=O)N1[Si](C)(C)C(C)(C)C. The number of β-lactam (4-membered cyclic amide) rings is 1. The second-order valence-electron chi connectivity index (χ2n) is 17.9. The van der Waals surface area contributed by atoms with Gasteiger partial charge < -0.3 is 18.2 Å². The van der Waals surface area contributed by atoms with Gasteiger partial charge in [-0.25, -0.2) is 4.79 Å². The fourth-order valence-electron chi connectivity index (χ4n) is 5.14. The zero-order valence-corrected chi connectivity index (χ0v) is 35.2. The molecule has 1 heterocycles. The Morgan fingerprint density at radius 3 is 1.81 bits per heavy atom. The zero-order chi connectivity index (χ0) is 36.7. The van der Waals surface area contributed by atoms with E-state index in [-0.39, 0.29) is 63.1 Å². The van der Waals surface area contributed by atoms with Crippen LogP contribution in [-0.2, 0) is 29.8 Å². The average Bonchev–Trinajstić information content (AvgIpc) is 2.87. The minimum atomic E-state index is -2.48. The van der Waals surface area contributed by atoms with Gasteiger partial charge in [-0.1, -0.05) is 82.3 Å². The summed E-state index contributed by atoms with van der Waals surface area (Å²) in [7, 11) is -6.96. The molecule has 12 heteroatoms. The molecule has 1 aliphatic heterocycles. The number of amides is 1. The average molecular weight is 707 g/mol. The van der Waals surface area contributed by atoms with Gasteiger partial charge >= 0.3 is 5.97 Å². The largest absolute Gasteiger partial charge is 0.539 e. The normalized spacial score (nSPS) is 20.0. The van der Waals surface area contributed by atoms with Crippen LogP contribution < -0.4 is 0 Å². The molecule has 0 N–H and O–H groups in total. The van der Waals surface area contributed by atoms with Crippen molar-refractivity contribution in [2.45, 2.75) is 149 Å². The molecule has 9 nitrogen and oxygen atoms in total. The van der Waals surface area contributed by atoms with Crippen LogP contribution in [0.5, 0.6) is 0 Å². The highest BCUT2D eigenvalue weighted by atomic mass is 28.4. The van der Waals surface area contributed by atoms with Crippen LogP contribution in [0, 0.1) is 22.0 Å². The summed E-state index contributed by atoms with van der Waals surface area (Å²) in [6.07, 6.45) is 1.58. The molecule has 266 valence electrons. The van der Waals surface area contributed by atoms with Gasteiger partial charge in [0.25, 0.3) is 14.0 Å². The van der Waals surface area contributed by atoms with Crippen molar-refractivity contribution in [2.75, 3.05) is 0 Å². The quantitative estimate of drug-likeness (QED) is 0.0405. The smallest absolute Gasteiger partial charge is 0.372 e. The molecule has 47 heavy (non-hydrogen) atoms. The first kappa shape index (κ1) is 40.9. The Balaban J connectivity index is 2.58. The molecular formula is C35H62N2O7Si3. The standard InChI is InChI=1S/C35H62N2O7Si3/c1-24(30-29(25(2)43-46(14,15)34(6,7)8)31(38)36(30)45(12,13)33(3,4)5)22-28(44-47(16,17)35(9,10)11)32(39)42-23-26-18-20-27(21-19-26)37(40)41/h18-22,24-25,29-30H,23H2,1-17H3/t24?,25-,29+,30+/m1/s1. The molecule has 2 rings (SSSR count). The van der Waals surface area contributed by atoms with E-state index in [1.165, 1.54) is 12.1 Å². The Bertz CT molecular complexity index is 1340. The molecule has 1 aliphatic rings. The van der Waals surface area contributed by atoms with Crippen molar-refractivity contribution in [1.29, 1.82) is 0 Å². The summed E-state index contributed by atoms with van der Waals surface area (Å²) in [5, 5.41) is 10.8. The first-order valence-electron chi connectivity index (χ1n) is 16.8. The van der Waals surface area contributed by atoms with Crippen LogP contribution in [0.4, 0.5) is 5.69 Å². The molecule has 1 saturated heterocycles. The van der Waals surface area contributed by atoms with Crippen LogP contribution in [0.3, 0.4) is 0 Å². The molecule has 1 aromatic carbocycles. The van der Waals surface area contributed by atoms with E-state index in [0.717, 1.165) is 0 Å². The summed E-state index contributed by atoms with van der Waals surface area (Å²) >= 11 is 0. The van der Waals surface area contributed by atoms with Gasteiger partial charge in [-0.2, -0.15) is 0 Å². The summed E-state index contributed by atoms with van der Waals surface area (Å²) in [5.74, 6) is -0.900. The van der Waals surface area contributed by atoms with Gasteiger partial charge in [0.1, 0.15) is 6.61 Å². The number of benzene rings is 1. The number of nitro groups is 1. The fourth-order valence-corrected chi connectivity index (χ4v) is 10.1. The van der Waals surface area contributed by atoms with Gasteiger partial charge in [-0.05, 0) is 77.9 Å². The van der Waals surface area contributed by atoms with Crippen LogP contribution in [0.25, 0.3) is 0 Å². The number of non-ortho nitro benzene ring substituents is 1. The van der Waals surface area contributed by atoms with E-state index in [1.54, 1.807) is 12.1 Å². The highest BCUT2D eigenvalue weighted by Crippen LogP contribution is 2.49. The van der Waals surface area contributed by atoms with Gasteiger partial charge in [-0.3, -0.25) is 14.9 Å². The first-order valence-corrected chi connectivity index (χ1v) is 25.5. The molecule has 1 fully saturated rings. The molecule has 0 spiro atoms. The molecule has 0 aromatic heterocycles. The number of rotatable bonds is 12. The van der Waals surface area contributed by atoms with Crippen molar-refractivity contribution in [1.82, 2.24) is 4.57 Å². The number of nitro benzene ring substituents is 1.